The molecular formula is C54H33NO2S. The fourth-order valence-electron chi connectivity index (χ4n) is 8.81. The van der Waals surface area contributed by atoms with Crippen molar-refractivity contribution in [1.29, 1.82) is 0 Å². The van der Waals surface area contributed by atoms with Crippen molar-refractivity contribution in [2.45, 2.75) is 0 Å². The number of fused-ring (bicyclic) bond motifs is 9. The Morgan fingerprint density at radius 1 is 0.345 bits per heavy atom. The monoisotopic (exact) mass is 759 g/mol. The lowest BCUT2D eigenvalue weighted by Gasteiger charge is -2.26. The summed E-state index contributed by atoms with van der Waals surface area (Å²) in [5, 5.41) is 6.96. The summed E-state index contributed by atoms with van der Waals surface area (Å²) in [4.78, 5) is 2.39. The van der Waals surface area contributed by atoms with Crippen molar-refractivity contribution in [2.75, 3.05) is 4.90 Å². The second-order valence-electron chi connectivity index (χ2n) is 14.8. The number of anilines is 3. The van der Waals surface area contributed by atoms with Crippen LogP contribution in [0.25, 0.3) is 97.4 Å². The fraction of sp³-hybridized carbons (Fsp3) is 0. The smallest absolute Gasteiger partial charge is 0.159 e. The predicted molar refractivity (Wildman–Crippen MR) is 245 cm³/mol. The van der Waals surface area contributed by atoms with E-state index in [1.54, 1.807) is 0 Å². The van der Waals surface area contributed by atoms with Crippen molar-refractivity contribution in [2.24, 2.45) is 0 Å². The summed E-state index contributed by atoms with van der Waals surface area (Å²) in [5.74, 6) is 0. The average molecular weight is 760 g/mol. The van der Waals surface area contributed by atoms with E-state index in [0.29, 0.717) is 0 Å². The number of benzene rings is 9. The number of para-hydroxylation sites is 2. The number of hydrogen-bond donors (Lipinski definition) is 0. The molecule has 0 fully saturated rings. The number of thiophene rings is 1. The Balaban J connectivity index is 1.07. The van der Waals surface area contributed by atoms with Crippen LogP contribution in [0.2, 0.25) is 0 Å². The average Bonchev–Trinajstić information content (AvgIpc) is 3.99. The Labute approximate surface area is 338 Å². The van der Waals surface area contributed by atoms with Crippen LogP contribution in [0.5, 0.6) is 0 Å². The molecule has 0 bridgehead atoms. The molecule has 3 heterocycles. The molecule has 0 atom stereocenters. The molecule has 0 radical (unpaired) electrons. The van der Waals surface area contributed by atoms with Crippen molar-refractivity contribution in [3.05, 3.63) is 200 Å². The van der Waals surface area contributed by atoms with Crippen LogP contribution in [-0.4, -0.2) is 0 Å². The lowest BCUT2D eigenvalue weighted by Crippen LogP contribution is -2.10. The van der Waals surface area contributed by atoms with Crippen LogP contribution < -0.4 is 4.90 Å². The largest absolute Gasteiger partial charge is 0.456 e. The van der Waals surface area contributed by atoms with E-state index in [1.165, 1.54) is 36.9 Å². The molecule has 58 heavy (non-hydrogen) atoms. The molecule has 4 heteroatoms. The molecule has 272 valence electrons. The molecule has 0 aliphatic carbocycles. The zero-order chi connectivity index (χ0) is 38.2. The van der Waals surface area contributed by atoms with Crippen molar-refractivity contribution in [3.8, 4) is 33.4 Å². The van der Waals surface area contributed by atoms with Gasteiger partial charge in [0.15, 0.2) is 5.58 Å². The van der Waals surface area contributed by atoms with Gasteiger partial charge in [0.05, 0.1) is 16.1 Å². The van der Waals surface area contributed by atoms with E-state index >= 15 is 0 Å². The normalized spacial score (nSPS) is 11.8. The van der Waals surface area contributed by atoms with Gasteiger partial charge in [-0.2, -0.15) is 0 Å². The maximum absolute atomic E-state index is 6.93. The molecular weight excluding hydrogens is 727 g/mol. The van der Waals surface area contributed by atoms with E-state index < -0.39 is 0 Å². The lowest BCUT2D eigenvalue weighted by molar-refractivity contribution is 0.668. The van der Waals surface area contributed by atoms with Gasteiger partial charge < -0.3 is 13.7 Å². The lowest BCUT2D eigenvalue weighted by atomic mass is 9.99. The van der Waals surface area contributed by atoms with E-state index in [0.717, 1.165) is 77.6 Å². The molecule has 9 aromatic carbocycles. The van der Waals surface area contributed by atoms with Gasteiger partial charge >= 0.3 is 0 Å². The molecule has 0 spiro atoms. The molecule has 0 aliphatic rings. The highest BCUT2D eigenvalue weighted by Gasteiger charge is 2.24. The minimum Gasteiger partial charge on any atom is -0.456 e. The number of furan rings is 2. The van der Waals surface area contributed by atoms with Gasteiger partial charge in [-0.15, -0.1) is 11.3 Å². The molecule has 0 unspecified atom stereocenters. The summed E-state index contributed by atoms with van der Waals surface area (Å²) in [6, 6.07) is 71.3. The molecule has 0 N–H and O–H groups in total. The van der Waals surface area contributed by atoms with Gasteiger partial charge in [-0.25, -0.2) is 0 Å². The highest BCUT2D eigenvalue weighted by Crippen LogP contribution is 2.50. The third kappa shape index (κ3) is 5.12. The maximum atomic E-state index is 6.93. The molecule has 3 nitrogen and oxygen atoms in total. The maximum Gasteiger partial charge on any atom is 0.159 e. The topological polar surface area (TPSA) is 29.5 Å². The predicted octanol–water partition coefficient (Wildman–Crippen LogP) is 16.3. The first kappa shape index (κ1) is 32.8. The number of hydrogen-bond acceptors (Lipinski definition) is 4. The summed E-state index contributed by atoms with van der Waals surface area (Å²) in [5.41, 5.74) is 13.7. The Morgan fingerprint density at radius 2 is 0.931 bits per heavy atom. The van der Waals surface area contributed by atoms with Gasteiger partial charge in [-0.3, -0.25) is 0 Å². The van der Waals surface area contributed by atoms with E-state index in [9.17, 15) is 0 Å². The van der Waals surface area contributed by atoms with Crippen molar-refractivity contribution < 1.29 is 8.83 Å². The molecule has 12 aromatic rings. The van der Waals surface area contributed by atoms with Crippen LogP contribution in [0.3, 0.4) is 0 Å². The van der Waals surface area contributed by atoms with Gasteiger partial charge in [0, 0.05) is 42.7 Å². The molecule has 3 aromatic heterocycles. The van der Waals surface area contributed by atoms with Gasteiger partial charge in [-0.05, 0) is 81.9 Å². The second kappa shape index (κ2) is 13.1. The quantitative estimate of drug-likeness (QED) is 0.169. The third-order valence-electron chi connectivity index (χ3n) is 11.5. The molecule has 0 aliphatic heterocycles. The first-order chi connectivity index (χ1) is 28.8. The van der Waals surface area contributed by atoms with Crippen LogP contribution in [-0.2, 0) is 0 Å². The first-order valence-corrected chi connectivity index (χ1v) is 20.4. The van der Waals surface area contributed by atoms with Crippen LogP contribution in [0.15, 0.2) is 209 Å². The number of nitrogens with zero attached hydrogens (tertiary/aromatic N) is 1. The van der Waals surface area contributed by atoms with Crippen molar-refractivity contribution in [3.63, 3.8) is 0 Å². The van der Waals surface area contributed by atoms with Crippen LogP contribution >= 0.6 is 11.3 Å². The summed E-state index contributed by atoms with van der Waals surface area (Å²) >= 11 is 1.86. The molecule has 0 saturated carbocycles. The van der Waals surface area contributed by atoms with Gasteiger partial charge in [-0.1, -0.05) is 152 Å². The minimum absolute atomic E-state index is 0.850. The number of rotatable bonds is 6. The standard InChI is InChI=1S/C54H33NO2S/c1-3-13-35(14-4-1)39-18-12-26-49-51(39)45-22-11-23-46(52(45)57-49)55(38-30-27-34(28-31-38)37-29-32-42-41-17-7-8-25-48(41)56-50(42)33-37)47-24-10-21-44-43-20-9-19-40(53(43)58-54(44)47)36-15-5-2-6-16-36/h1-33H. The molecule has 0 saturated heterocycles. The van der Waals surface area contributed by atoms with E-state index in [4.69, 9.17) is 8.83 Å². The Morgan fingerprint density at radius 3 is 1.74 bits per heavy atom. The van der Waals surface area contributed by atoms with E-state index in [2.05, 4.69) is 193 Å². The van der Waals surface area contributed by atoms with Crippen molar-refractivity contribution >= 4 is 92.4 Å². The Hall–Kier alpha value is -7.40. The Kier molecular flexibility index (Phi) is 7.40. The van der Waals surface area contributed by atoms with Gasteiger partial charge in [0.1, 0.15) is 16.7 Å². The molecule has 0 amide bonds. The minimum atomic E-state index is 0.850. The summed E-state index contributed by atoms with van der Waals surface area (Å²) in [6.45, 7) is 0. The first-order valence-electron chi connectivity index (χ1n) is 19.6. The van der Waals surface area contributed by atoms with E-state index in [1.807, 2.05) is 23.5 Å². The summed E-state index contributed by atoms with van der Waals surface area (Å²) in [6.07, 6.45) is 0. The zero-order valence-corrected chi connectivity index (χ0v) is 32.0. The van der Waals surface area contributed by atoms with Crippen LogP contribution in [0.1, 0.15) is 0 Å². The van der Waals surface area contributed by atoms with Gasteiger partial charge in [0.25, 0.3) is 0 Å². The zero-order valence-electron chi connectivity index (χ0n) is 31.2. The highest BCUT2D eigenvalue weighted by molar-refractivity contribution is 7.27. The Bertz CT molecular complexity index is 3490. The summed E-state index contributed by atoms with van der Waals surface area (Å²) < 4.78 is 15.7. The van der Waals surface area contributed by atoms with Crippen LogP contribution in [0.4, 0.5) is 17.1 Å². The van der Waals surface area contributed by atoms with Crippen LogP contribution in [0, 0.1) is 0 Å². The SMILES string of the molecule is c1ccc(-c2cccc3c2sc2c(N(c4ccc(-c5ccc6c(c5)oc5ccccc56)cc4)c4cccc5c4oc4cccc(-c6ccccc6)c45)cccc23)cc1. The third-order valence-corrected chi connectivity index (χ3v) is 12.8. The summed E-state index contributed by atoms with van der Waals surface area (Å²) in [7, 11) is 0. The van der Waals surface area contributed by atoms with Crippen molar-refractivity contribution in [1.82, 2.24) is 0 Å². The highest BCUT2D eigenvalue weighted by atomic mass is 32.1. The second-order valence-corrected chi connectivity index (χ2v) is 15.8. The van der Waals surface area contributed by atoms with Gasteiger partial charge in [0.2, 0.25) is 0 Å². The fourth-order valence-corrected chi connectivity index (χ4v) is 10.1. The van der Waals surface area contributed by atoms with E-state index in [-0.39, 0.29) is 0 Å². The molecule has 12 rings (SSSR count).